The van der Waals surface area contributed by atoms with Gasteiger partial charge in [-0.05, 0) is 31.0 Å². The number of carbonyl (C=O) groups is 3. The maximum absolute atomic E-state index is 13.0. The minimum absolute atomic E-state index is 0.0661. The predicted octanol–water partition coefficient (Wildman–Crippen LogP) is 1.71. The summed E-state index contributed by atoms with van der Waals surface area (Å²) >= 11 is 0. The van der Waals surface area contributed by atoms with E-state index in [1.807, 2.05) is 0 Å². The summed E-state index contributed by atoms with van der Waals surface area (Å²) in [5.74, 6) is -1.73. The first kappa shape index (κ1) is 16.9. The zero-order chi connectivity index (χ0) is 16.7. The maximum atomic E-state index is 13.0. The molecule has 0 unspecified atom stereocenters. The summed E-state index contributed by atoms with van der Waals surface area (Å²) in [6, 6.07) is 5.41. The van der Waals surface area contributed by atoms with Crippen molar-refractivity contribution < 1.29 is 23.5 Å². The molecule has 1 saturated heterocycles. The van der Waals surface area contributed by atoms with Gasteiger partial charge in [0.05, 0.1) is 0 Å². The molecule has 2 amide bonds. The molecular formula is C16H19FN2O4. The van der Waals surface area contributed by atoms with E-state index in [1.54, 1.807) is 0 Å². The van der Waals surface area contributed by atoms with Crippen molar-refractivity contribution in [2.24, 2.45) is 0 Å². The third-order valence-corrected chi connectivity index (χ3v) is 3.46. The largest absolute Gasteiger partial charge is 0.454 e. The van der Waals surface area contributed by atoms with E-state index in [9.17, 15) is 18.8 Å². The Balaban J connectivity index is 1.75. The monoisotopic (exact) mass is 322 g/mol. The normalized spacial score (nSPS) is 15.0. The first-order valence-corrected chi connectivity index (χ1v) is 7.53. The summed E-state index contributed by atoms with van der Waals surface area (Å²) in [4.78, 5) is 36.6. The fraction of sp³-hybridized carbons (Fsp3) is 0.438. The Bertz CT molecular complexity index is 591. The Morgan fingerprint density at radius 2 is 2.09 bits per heavy atom. The van der Waals surface area contributed by atoms with Gasteiger partial charge in [-0.25, -0.2) is 4.39 Å². The molecule has 1 aliphatic heterocycles. The van der Waals surface area contributed by atoms with Gasteiger partial charge in [0.15, 0.2) is 6.61 Å². The van der Waals surface area contributed by atoms with Gasteiger partial charge in [0.1, 0.15) is 12.4 Å². The van der Waals surface area contributed by atoms with Gasteiger partial charge in [0.2, 0.25) is 5.91 Å². The van der Waals surface area contributed by atoms with Crippen molar-refractivity contribution in [2.45, 2.75) is 25.7 Å². The summed E-state index contributed by atoms with van der Waals surface area (Å²) in [6.45, 7) is -0.0904. The van der Waals surface area contributed by atoms with Crippen molar-refractivity contribution in [3.63, 3.8) is 0 Å². The number of ether oxygens (including phenoxy) is 1. The first-order valence-electron chi connectivity index (χ1n) is 7.53. The second kappa shape index (κ2) is 8.26. The SMILES string of the molecule is O=C(COC(=O)CN1CCCCCC1=O)Nc1cccc(F)c1. The zero-order valence-electron chi connectivity index (χ0n) is 12.7. The van der Waals surface area contributed by atoms with Crippen LogP contribution >= 0.6 is 0 Å². The lowest BCUT2D eigenvalue weighted by Crippen LogP contribution is -2.36. The number of nitrogens with one attached hydrogen (secondary N) is 1. The Hall–Kier alpha value is -2.44. The highest BCUT2D eigenvalue weighted by Gasteiger charge is 2.20. The van der Waals surface area contributed by atoms with Crippen LogP contribution in [0.1, 0.15) is 25.7 Å². The van der Waals surface area contributed by atoms with Crippen LogP contribution < -0.4 is 5.32 Å². The number of likely N-dealkylation sites (tertiary alicyclic amines) is 1. The van der Waals surface area contributed by atoms with Crippen LogP contribution in [0, 0.1) is 5.82 Å². The molecule has 0 bridgehead atoms. The van der Waals surface area contributed by atoms with Crippen molar-refractivity contribution in [2.75, 3.05) is 25.0 Å². The smallest absolute Gasteiger partial charge is 0.326 e. The van der Waals surface area contributed by atoms with E-state index in [0.29, 0.717) is 13.0 Å². The van der Waals surface area contributed by atoms with E-state index in [2.05, 4.69) is 5.32 Å². The number of esters is 1. The minimum Gasteiger partial charge on any atom is -0.454 e. The van der Waals surface area contributed by atoms with Gasteiger partial charge in [-0.3, -0.25) is 14.4 Å². The van der Waals surface area contributed by atoms with E-state index in [4.69, 9.17) is 4.74 Å². The molecule has 1 N–H and O–H groups in total. The number of halogens is 1. The molecule has 1 aromatic rings. The predicted molar refractivity (Wildman–Crippen MR) is 81.0 cm³/mol. The van der Waals surface area contributed by atoms with Gasteiger partial charge in [-0.15, -0.1) is 0 Å². The average molecular weight is 322 g/mol. The number of benzene rings is 1. The number of carbonyl (C=O) groups excluding carboxylic acids is 3. The van der Waals surface area contributed by atoms with Crippen molar-refractivity contribution >= 4 is 23.5 Å². The number of amides is 2. The summed E-state index contributed by atoms with van der Waals surface area (Å²) < 4.78 is 17.8. The molecule has 1 fully saturated rings. The number of rotatable bonds is 5. The highest BCUT2D eigenvalue weighted by Crippen LogP contribution is 2.11. The molecule has 1 heterocycles. The van der Waals surface area contributed by atoms with Crippen LogP contribution in [0.5, 0.6) is 0 Å². The van der Waals surface area contributed by atoms with Crippen molar-refractivity contribution in [1.29, 1.82) is 0 Å². The van der Waals surface area contributed by atoms with Crippen molar-refractivity contribution in [3.8, 4) is 0 Å². The van der Waals surface area contributed by atoms with Crippen LogP contribution in [0.3, 0.4) is 0 Å². The highest BCUT2D eigenvalue weighted by atomic mass is 19.1. The number of anilines is 1. The van der Waals surface area contributed by atoms with Gasteiger partial charge >= 0.3 is 5.97 Å². The van der Waals surface area contributed by atoms with E-state index < -0.39 is 24.3 Å². The fourth-order valence-electron chi connectivity index (χ4n) is 2.32. The molecule has 0 saturated carbocycles. The fourth-order valence-corrected chi connectivity index (χ4v) is 2.32. The van der Waals surface area contributed by atoms with E-state index in [1.165, 1.54) is 23.1 Å². The summed E-state index contributed by atoms with van der Waals surface area (Å²) in [6.07, 6.45) is 3.10. The number of nitrogens with zero attached hydrogens (tertiary/aromatic N) is 1. The lowest BCUT2D eigenvalue weighted by molar-refractivity contribution is -0.151. The Morgan fingerprint density at radius 1 is 1.26 bits per heavy atom. The van der Waals surface area contributed by atoms with E-state index >= 15 is 0 Å². The molecule has 0 aliphatic carbocycles. The Labute approximate surface area is 133 Å². The topological polar surface area (TPSA) is 75.7 Å². The Morgan fingerprint density at radius 3 is 2.87 bits per heavy atom. The van der Waals surface area contributed by atoms with Gasteiger partial charge in [0.25, 0.3) is 5.91 Å². The molecule has 2 rings (SSSR count). The Kier molecular flexibility index (Phi) is 6.08. The molecule has 0 radical (unpaired) electrons. The molecule has 0 aromatic heterocycles. The minimum atomic E-state index is -0.630. The maximum Gasteiger partial charge on any atom is 0.326 e. The van der Waals surface area contributed by atoms with Crippen molar-refractivity contribution in [3.05, 3.63) is 30.1 Å². The zero-order valence-corrected chi connectivity index (χ0v) is 12.7. The lowest BCUT2D eigenvalue weighted by Gasteiger charge is -2.19. The molecule has 1 aliphatic rings. The molecule has 0 spiro atoms. The lowest BCUT2D eigenvalue weighted by atomic mass is 10.2. The number of hydrogen-bond donors (Lipinski definition) is 1. The second-order valence-electron chi connectivity index (χ2n) is 5.35. The van der Waals surface area contributed by atoms with Crippen LogP contribution in [0.15, 0.2) is 24.3 Å². The van der Waals surface area contributed by atoms with Crippen LogP contribution in [0.25, 0.3) is 0 Å². The van der Waals surface area contributed by atoms with Gasteiger partial charge in [-0.2, -0.15) is 0 Å². The van der Waals surface area contributed by atoms with Crippen LogP contribution in [0.4, 0.5) is 10.1 Å². The summed E-state index contributed by atoms with van der Waals surface area (Å²) in [7, 11) is 0. The van der Waals surface area contributed by atoms with Crippen molar-refractivity contribution in [1.82, 2.24) is 4.90 Å². The molecule has 0 atom stereocenters. The average Bonchev–Trinajstić information content (AvgIpc) is 2.70. The van der Waals surface area contributed by atoms with Crippen LogP contribution in [-0.2, 0) is 19.1 Å². The summed E-state index contributed by atoms with van der Waals surface area (Å²) in [5.41, 5.74) is 0.286. The molecule has 6 nitrogen and oxygen atoms in total. The van der Waals surface area contributed by atoms with Gasteiger partial charge in [0, 0.05) is 18.7 Å². The number of hydrogen-bond acceptors (Lipinski definition) is 4. The third kappa shape index (κ3) is 5.69. The summed E-state index contributed by atoms with van der Waals surface area (Å²) in [5, 5.41) is 2.42. The molecule has 7 heteroatoms. The van der Waals surface area contributed by atoms with Gasteiger partial charge in [-0.1, -0.05) is 12.5 Å². The van der Waals surface area contributed by atoms with E-state index in [0.717, 1.165) is 25.3 Å². The van der Waals surface area contributed by atoms with E-state index in [-0.39, 0.29) is 18.1 Å². The van der Waals surface area contributed by atoms with Crippen LogP contribution in [-0.4, -0.2) is 42.4 Å². The first-order chi connectivity index (χ1) is 11.0. The second-order valence-corrected chi connectivity index (χ2v) is 5.35. The molecular weight excluding hydrogens is 303 g/mol. The van der Waals surface area contributed by atoms with Crippen LogP contribution in [0.2, 0.25) is 0 Å². The molecule has 1 aromatic carbocycles. The third-order valence-electron chi connectivity index (χ3n) is 3.46. The molecule has 124 valence electrons. The molecule has 23 heavy (non-hydrogen) atoms. The van der Waals surface area contributed by atoms with Gasteiger partial charge < -0.3 is 15.0 Å². The highest BCUT2D eigenvalue weighted by molar-refractivity contribution is 5.93. The quantitative estimate of drug-likeness (QED) is 0.837. The standard InChI is InChI=1S/C16H19FN2O4/c17-12-5-4-6-13(9-12)18-14(20)11-23-16(22)10-19-8-3-1-2-7-15(19)21/h4-6,9H,1-3,7-8,10-11H2,(H,18,20).